The van der Waals surface area contributed by atoms with Crippen LogP contribution in [0.2, 0.25) is 0 Å². The Morgan fingerprint density at radius 3 is 2.25 bits per heavy atom. The summed E-state index contributed by atoms with van der Waals surface area (Å²) in [4.78, 5) is 17.1. The first kappa shape index (κ1) is 24.4. The van der Waals surface area contributed by atoms with Crippen LogP contribution in [0.5, 0.6) is 5.75 Å². The molecular formula is C23H30ClN3O4S. The highest BCUT2D eigenvalue weighted by Gasteiger charge is 2.39. The standard InChI is InChI=1S/C23H30ClN3O4S/c1-23(2,3)19-9-7-18(8-10-19)21-15-27(25-32(29,30)16-24)22(28)26(21)14-13-17-5-11-20(31-4)12-6-17/h5-12,21,25H,13-16H2,1-4H3. The number of benzene rings is 2. The van der Waals surface area contributed by atoms with Crippen LogP contribution >= 0.6 is 11.6 Å². The number of hydrogen-bond acceptors (Lipinski definition) is 4. The van der Waals surface area contributed by atoms with Crippen LogP contribution in [0.3, 0.4) is 0 Å². The summed E-state index contributed by atoms with van der Waals surface area (Å²) in [5, 5.41) is 0.516. The van der Waals surface area contributed by atoms with Crippen LogP contribution in [0.25, 0.3) is 0 Å². The van der Waals surface area contributed by atoms with E-state index >= 15 is 0 Å². The van der Waals surface area contributed by atoms with Crippen LogP contribution in [0.4, 0.5) is 4.79 Å². The molecule has 0 bridgehead atoms. The fourth-order valence-electron chi connectivity index (χ4n) is 3.69. The Labute approximate surface area is 195 Å². The number of urea groups is 1. The predicted molar refractivity (Wildman–Crippen MR) is 126 cm³/mol. The SMILES string of the molecule is COc1ccc(CCN2C(=O)N(NS(=O)(=O)CCl)CC2c2ccc(C(C)(C)C)cc2)cc1. The average molecular weight is 480 g/mol. The lowest BCUT2D eigenvalue weighted by atomic mass is 9.86. The third-order valence-electron chi connectivity index (χ3n) is 5.56. The number of nitrogens with one attached hydrogen (secondary N) is 1. The van der Waals surface area contributed by atoms with Crippen molar-refractivity contribution < 1.29 is 17.9 Å². The van der Waals surface area contributed by atoms with E-state index in [1.165, 1.54) is 5.56 Å². The summed E-state index contributed by atoms with van der Waals surface area (Å²) in [6.45, 7) is 7.07. The van der Waals surface area contributed by atoms with Gasteiger partial charge in [-0.05, 0) is 40.7 Å². The summed E-state index contributed by atoms with van der Waals surface area (Å²) in [5.74, 6) is 0.768. The van der Waals surface area contributed by atoms with Crippen molar-refractivity contribution in [2.45, 2.75) is 38.6 Å². The summed E-state index contributed by atoms with van der Waals surface area (Å²) in [7, 11) is -2.17. The summed E-state index contributed by atoms with van der Waals surface area (Å²) < 4.78 is 29.2. The Balaban J connectivity index is 1.84. The number of amides is 2. The van der Waals surface area contributed by atoms with Crippen LogP contribution in [0.1, 0.15) is 43.5 Å². The third-order valence-corrected chi connectivity index (χ3v) is 7.21. The van der Waals surface area contributed by atoms with Crippen molar-refractivity contribution in [3.05, 3.63) is 65.2 Å². The van der Waals surface area contributed by atoms with Gasteiger partial charge >= 0.3 is 6.03 Å². The molecule has 1 aliphatic heterocycles. The van der Waals surface area contributed by atoms with Gasteiger partial charge in [0.1, 0.15) is 11.0 Å². The molecule has 1 N–H and O–H groups in total. The molecule has 1 saturated heterocycles. The zero-order valence-electron chi connectivity index (χ0n) is 18.8. The number of halogens is 1. The largest absolute Gasteiger partial charge is 0.497 e. The number of carbonyl (C=O) groups is 1. The first-order valence-electron chi connectivity index (χ1n) is 10.4. The molecule has 7 nitrogen and oxygen atoms in total. The number of hydrogen-bond donors (Lipinski definition) is 1. The minimum absolute atomic E-state index is 0.0140. The van der Waals surface area contributed by atoms with Crippen LogP contribution < -0.4 is 9.57 Å². The summed E-state index contributed by atoms with van der Waals surface area (Å²) >= 11 is 5.52. The highest BCUT2D eigenvalue weighted by atomic mass is 35.5. The minimum Gasteiger partial charge on any atom is -0.497 e. The molecule has 1 aliphatic rings. The van der Waals surface area contributed by atoms with E-state index in [1.807, 2.05) is 36.4 Å². The lowest BCUT2D eigenvalue weighted by Gasteiger charge is -2.25. The van der Waals surface area contributed by atoms with Crippen molar-refractivity contribution in [1.29, 1.82) is 0 Å². The average Bonchev–Trinajstić information content (AvgIpc) is 3.06. The van der Waals surface area contributed by atoms with Gasteiger partial charge in [-0.2, -0.15) is 0 Å². The number of methoxy groups -OCH3 is 1. The number of carbonyl (C=O) groups excluding carboxylic acids is 1. The monoisotopic (exact) mass is 479 g/mol. The first-order valence-corrected chi connectivity index (χ1v) is 12.6. The zero-order valence-corrected chi connectivity index (χ0v) is 20.4. The molecule has 2 aromatic rings. The molecule has 2 amide bonds. The van der Waals surface area contributed by atoms with Crippen LogP contribution in [0.15, 0.2) is 48.5 Å². The quantitative estimate of drug-likeness (QED) is 0.579. The van der Waals surface area contributed by atoms with Crippen molar-refractivity contribution in [3.63, 3.8) is 0 Å². The van der Waals surface area contributed by atoms with Crippen LogP contribution in [-0.2, 0) is 21.9 Å². The van der Waals surface area contributed by atoms with E-state index in [2.05, 4.69) is 37.7 Å². The van der Waals surface area contributed by atoms with E-state index in [-0.39, 0.29) is 18.0 Å². The Hall–Kier alpha value is -2.29. The molecule has 32 heavy (non-hydrogen) atoms. The van der Waals surface area contributed by atoms with Crippen molar-refractivity contribution >= 4 is 27.7 Å². The molecule has 1 fully saturated rings. The fraction of sp³-hybridized carbons (Fsp3) is 0.435. The Morgan fingerprint density at radius 1 is 1.09 bits per heavy atom. The second kappa shape index (κ2) is 9.68. The first-order chi connectivity index (χ1) is 15.0. The molecule has 2 aromatic carbocycles. The topological polar surface area (TPSA) is 79.0 Å². The number of rotatable bonds is 8. The van der Waals surface area contributed by atoms with E-state index in [0.717, 1.165) is 21.9 Å². The third kappa shape index (κ3) is 5.74. The smallest absolute Gasteiger partial charge is 0.335 e. The Morgan fingerprint density at radius 2 is 1.72 bits per heavy atom. The number of ether oxygens (including phenoxy) is 1. The fourth-order valence-corrected chi connectivity index (χ4v) is 4.37. The van der Waals surface area contributed by atoms with Gasteiger partial charge in [-0.25, -0.2) is 18.2 Å². The van der Waals surface area contributed by atoms with Gasteiger partial charge in [0.15, 0.2) is 0 Å². The highest BCUT2D eigenvalue weighted by molar-refractivity contribution is 7.90. The second-order valence-electron chi connectivity index (χ2n) is 8.89. The minimum atomic E-state index is -3.79. The molecule has 1 atom stereocenters. The Kier molecular flexibility index (Phi) is 7.37. The van der Waals surface area contributed by atoms with E-state index in [0.29, 0.717) is 13.0 Å². The van der Waals surface area contributed by atoms with E-state index in [9.17, 15) is 13.2 Å². The molecule has 9 heteroatoms. The van der Waals surface area contributed by atoms with Crippen LogP contribution in [-0.4, -0.2) is 49.8 Å². The maximum Gasteiger partial charge on any atom is 0.335 e. The van der Waals surface area contributed by atoms with Crippen molar-refractivity contribution in [2.24, 2.45) is 0 Å². The van der Waals surface area contributed by atoms with Gasteiger partial charge in [0, 0.05) is 6.54 Å². The van der Waals surface area contributed by atoms with E-state index < -0.39 is 21.3 Å². The van der Waals surface area contributed by atoms with Gasteiger partial charge in [0.2, 0.25) is 10.0 Å². The molecule has 0 aromatic heterocycles. The molecule has 0 saturated carbocycles. The molecule has 1 unspecified atom stereocenters. The zero-order chi connectivity index (χ0) is 23.5. The van der Waals surface area contributed by atoms with Gasteiger partial charge in [-0.15, -0.1) is 16.4 Å². The summed E-state index contributed by atoms with van der Waals surface area (Å²) in [6, 6.07) is 15.2. The number of nitrogens with zero attached hydrogens (tertiary/aromatic N) is 2. The maximum atomic E-state index is 13.1. The summed E-state index contributed by atoms with van der Waals surface area (Å²) in [6.07, 6.45) is 0.627. The lowest BCUT2D eigenvalue weighted by Crippen LogP contribution is -2.45. The van der Waals surface area contributed by atoms with Crippen molar-refractivity contribution in [1.82, 2.24) is 14.7 Å². The molecule has 174 valence electrons. The van der Waals surface area contributed by atoms with Gasteiger partial charge in [-0.3, -0.25) is 0 Å². The molecule has 3 rings (SSSR count). The van der Waals surface area contributed by atoms with Crippen molar-refractivity contribution in [3.8, 4) is 5.75 Å². The molecule has 1 heterocycles. The summed E-state index contributed by atoms with van der Waals surface area (Å²) in [5.41, 5.74) is 3.21. The van der Waals surface area contributed by atoms with Gasteiger partial charge < -0.3 is 9.64 Å². The van der Waals surface area contributed by atoms with Crippen molar-refractivity contribution in [2.75, 3.05) is 25.4 Å². The van der Waals surface area contributed by atoms with Crippen LogP contribution in [0, 0.1) is 0 Å². The second-order valence-corrected chi connectivity index (χ2v) is 11.2. The van der Waals surface area contributed by atoms with E-state index in [4.69, 9.17) is 16.3 Å². The predicted octanol–water partition coefficient (Wildman–Crippen LogP) is 4.04. The highest BCUT2D eigenvalue weighted by Crippen LogP contribution is 2.31. The molecule has 0 aliphatic carbocycles. The van der Waals surface area contributed by atoms with Gasteiger partial charge in [-0.1, -0.05) is 57.2 Å². The van der Waals surface area contributed by atoms with Gasteiger partial charge in [0.25, 0.3) is 0 Å². The van der Waals surface area contributed by atoms with Gasteiger partial charge in [0.05, 0.1) is 19.7 Å². The number of sulfonamides is 1. The number of hydrazine groups is 1. The number of alkyl halides is 1. The van der Waals surface area contributed by atoms with E-state index in [1.54, 1.807) is 12.0 Å². The molecule has 0 radical (unpaired) electrons. The molecular weight excluding hydrogens is 450 g/mol. The lowest BCUT2D eigenvalue weighted by molar-refractivity contribution is 0.182. The maximum absolute atomic E-state index is 13.1. The Bertz CT molecular complexity index is 1030. The molecule has 0 spiro atoms. The normalized spacial score (nSPS) is 17.2.